The van der Waals surface area contributed by atoms with Crippen LogP contribution in [0.4, 0.5) is 11.5 Å². The lowest BCUT2D eigenvalue weighted by atomic mass is 10.2. The number of aryl methyl sites for hydroxylation is 1. The molecule has 1 aromatic heterocycles. The van der Waals surface area contributed by atoms with E-state index in [9.17, 15) is 0 Å². The quantitative estimate of drug-likeness (QED) is 0.892. The number of hydrogen-bond donors (Lipinski definition) is 1. The maximum Gasteiger partial charge on any atom is 0.129 e. The van der Waals surface area contributed by atoms with E-state index in [-0.39, 0.29) is 12.2 Å². The number of anilines is 2. The van der Waals surface area contributed by atoms with Crippen molar-refractivity contribution < 1.29 is 4.74 Å². The molecule has 0 bridgehead atoms. The normalized spacial score (nSPS) is 24.1. The first-order valence-corrected chi connectivity index (χ1v) is 6.72. The number of pyridine rings is 1. The van der Waals surface area contributed by atoms with Crippen LogP contribution in [0.25, 0.3) is 0 Å². The zero-order chi connectivity index (χ0) is 13.1. The second kappa shape index (κ2) is 5.57. The zero-order valence-corrected chi connectivity index (χ0v) is 11.7. The predicted octanol–water partition coefficient (Wildman–Crippen LogP) is 2.30. The van der Waals surface area contributed by atoms with E-state index < -0.39 is 0 Å². The van der Waals surface area contributed by atoms with Crippen molar-refractivity contribution in [3.63, 3.8) is 0 Å². The fourth-order valence-corrected chi connectivity index (χ4v) is 2.53. The maximum atomic E-state index is 5.76. The third-order valence-corrected chi connectivity index (χ3v) is 3.31. The van der Waals surface area contributed by atoms with E-state index in [2.05, 4.69) is 43.1 Å². The summed E-state index contributed by atoms with van der Waals surface area (Å²) in [6.07, 6.45) is 1.48. The molecule has 1 aliphatic rings. The van der Waals surface area contributed by atoms with Gasteiger partial charge in [0.25, 0.3) is 0 Å². The molecule has 1 saturated heterocycles. The summed E-state index contributed by atoms with van der Waals surface area (Å²) in [4.78, 5) is 7.08. The third kappa shape index (κ3) is 2.75. The lowest BCUT2D eigenvalue weighted by molar-refractivity contribution is -0.00546. The number of hydrogen-bond acceptors (Lipinski definition) is 4. The minimum atomic E-state index is 0.268. The van der Waals surface area contributed by atoms with Crippen molar-refractivity contribution in [3.8, 4) is 0 Å². The first-order chi connectivity index (χ1) is 8.63. The van der Waals surface area contributed by atoms with Crippen molar-refractivity contribution in [2.45, 2.75) is 39.4 Å². The highest BCUT2D eigenvalue weighted by atomic mass is 16.5. The Morgan fingerprint density at radius 2 is 2.00 bits per heavy atom. The van der Waals surface area contributed by atoms with Crippen molar-refractivity contribution in [1.82, 2.24) is 4.98 Å². The molecule has 2 atom stereocenters. The van der Waals surface area contributed by atoms with Crippen LogP contribution in [0.3, 0.4) is 0 Å². The molecule has 1 aromatic rings. The van der Waals surface area contributed by atoms with Crippen molar-refractivity contribution >= 4 is 11.5 Å². The predicted molar refractivity (Wildman–Crippen MR) is 75.4 cm³/mol. The molecule has 100 valence electrons. The monoisotopic (exact) mass is 249 g/mol. The van der Waals surface area contributed by atoms with Crippen molar-refractivity contribution in [2.75, 3.05) is 30.4 Å². The SMILES string of the molecule is CCc1nc(N2CC(C)OC(C)C2)ccc1NC. The van der Waals surface area contributed by atoms with Crippen LogP contribution in [-0.4, -0.2) is 37.3 Å². The van der Waals surface area contributed by atoms with Crippen LogP contribution in [0.2, 0.25) is 0 Å². The molecule has 1 fully saturated rings. The second-order valence-corrected chi connectivity index (χ2v) is 4.93. The van der Waals surface area contributed by atoms with Crippen LogP contribution in [0.15, 0.2) is 12.1 Å². The topological polar surface area (TPSA) is 37.4 Å². The molecule has 2 unspecified atom stereocenters. The summed E-state index contributed by atoms with van der Waals surface area (Å²) < 4.78 is 5.76. The summed E-state index contributed by atoms with van der Waals surface area (Å²) in [6, 6.07) is 4.21. The Bertz CT molecular complexity index is 398. The van der Waals surface area contributed by atoms with E-state index in [1.54, 1.807) is 0 Å². The molecule has 0 aliphatic carbocycles. The number of nitrogens with one attached hydrogen (secondary N) is 1. The van der Waals surface area contributed by atoms with Crippen LogP contribution < -0.4 is 10.2 Å². The van der Waals surface area contributed by atoms with Gasteiger partial charge in [-0.2, -0.15) is 0 Å². The van der Waals surface area contributed by atoms with Gasteiger partial charge in [0, 0.05) is 20.1 Å². The summed E-state index contributed by atoms with van der Waals surface area (Å²) in [7, 11) is 1.94. The van der Waals surface area contributed by atoms with Gasteiger partial charge in [0.05, 0.1) is 23.6 Å². The Morgan fingerprint density at radius 3 is 2.56 bits per heavy atom. The Balaban J connectivity index is 2.22. The first kappa shape index (κ1) is 13.1. The highest BCUT2D eigenvalue weighted by Crippen LogP contribution is 2.22. The Hall–Kier alpha value is -1.29. The zero-order valence-electron chi connectivity index (χ0n) is 11.7. The maximum absolute atomic E-state index is 5.76. The largest absolute Gasteiger partial charge is 0.387 e. The molecule has 1 N–H and O–H groups in total. The average Bonchev–Trinajstić information content (AvgIpc) is 2.36. The van der Waals surface area contributed by atoms with Crippen LogP contribution in [0.1, 0.15) is 26.5 Å². The molecule has 4 nitrogen and oxygen atoms in total. The Morgan fingerprint density at radius 1 is 1.33 bits per heavy atom. The molecule has 4 heteroatoms. The van der Waals surface area contributed by atoms with Gasteiger partial charge in [-0.05, 0) is 32.4 Å². The summed E-state index contributed by atoms with van der Waals surface area (Å²) in [5, 5.41) is 3.19. The third-order valence-electron chi connectivity index (χ3n) is 3.31. The lowest BCUT2D eigenvalue weighted by Crippen LogP contribution is -2.45. The summed E-state index contributed by atoms with van der Waals surface area (Å²) in [6.45, 7) is 8.20. The average molecular weight is 249 g/mol. The summed E-state index contributed by atoms with van der Waals surface area (Å²) >= 11 is 0. The fourth-order valence-electron chi connectivity index (χ4n) is 2.53. The van der Waals surface area contributed by atoms with Gasteiger partial charge in [0.15, 0.2) is 0 Å². The molecule has 0 spiro atoms. The van der Waals surface area contributed by atoms with Gasteiger partial charge in [-0.25, -0.2) is 4.98 Å². The Labute approximate surface area is 109 Å². The van der Waals surface area contributed by atoms with Gasteiger partial charge in [0.1, 0.15) is 5.82 Å². The van der Waals surface area contributed by atoms with Gasteiger partial charge in [-0.3, -0.25) is 0 Å². The summed E-state index contributed by atoms with van der Waals surface area (Å²) in [5.74, 6) is 1.06. The van der Waals surface area contributed by atoms with Crippen molar-refractivity contribution in [2.24, 2.45) is 0 Å². The highest BCUT2D eigenvalue weighted by Gasteiger charge is 2.23. The van der Waals surface area contributed by atoms with Gasteiger partial charge >= 0.3 is 0 Å². The van der Waals surface area contributed by atoms with Gasteiger partial charge in [-0.1, -0.05) is 6.92 Å². The lowest BCUT2D eigenvalue weighted by Gasteiger charge is -2.36. The van der Waals surface area contributed by atoms with Crippen LogP contribution in [-0.2, 0) is 11.2 Å². The molecule has 0 aromatic carbocycles. The smallest absolute Gasteiger partial charge is 0.129 e. The van der Waals surface area contributed by atoms with Crippen LogP contribution in [0.5, 0.6) is 0 Å². The molecular weight excluding hydrogens is 226 g/mol. The Kier molecular flexibility index (Phi) is 4.07. The molecule has 0 radical (unpaired) electrons. The first-order valence-electron chi connectivity index (χ1n) is 6.72. The molecule has 2 rings (SSSR count). The van der Waals surface area contributed by atoms with E-state index in [0.29, 0.717) is 0 Å². The number of rotatable bonds is 3. The number of morpholine rings is 1. The van der Waals surface area contributed by atoms with E-state index in [1.165, 1.54) is 0 Å². The van der Waals surface area contributed by atoms with Crippen LogP contribution in [0, 0.1) is 0 Å². The van der Waals surface area contributed by atoms with E-state index in [4.69, 9.17) is 9.72 Å². The molecule has 1 aliphatic heterocycles. The molecule has 2 heterocycles. The molecule has 0 amide bonds. The molecule has 18 heavy (non-hydrogen) atoms. The molecule has 0 saturated carbocycles. The van der Waals surface area contributed by atoms with Gasteiger partial charge in [0.2, 0.25) is 0 Å². The van der Waals surface area contributed by atoms with E-state index >= 15 is 0 Å². The van der Waals surface area contributed by atoms with Gasteiger partial charge in [-0.15, -0.1) is 0 Å². The minimum Gasteiger partial charge on any atom is -0.387 e. The molecular formula is C14H23N3O. The second-order valence-electron chi connectivity index (χ2n) is 4.93. The minimum absolute atomic E-state index is 0.268. The number of aromatic nitrogens is 1. The highest BCUT2D eigenvalue weighted by molar-refractivity contribution is 5.54. The van der Waals surface area contributed by atoms with Crippen LogP contribution >= 0.6 is 0 Å². The summed E-state index contributed by atoms with van der Waals surface area (Å²) in [5.41, 5.74) is 2.25. The van der Waals surface area contributed by atoms with E-state index in [0.717, 1.165) is 36.7 Å². The van der Waals surface area contributed by atoms with Gasteiger partial charge < -0.3 is 15.0 Å². The van der Waals surface area contributed by atoms with E-state index in [1.807, 2.05) is 7.05 Å². The van der Waals surface area contributed by atoms with Crippen molar-refractivity contribution in [1.29, 1.82) is 0 Å². The standard InChI is InChI=1S/C14H23N3O/c1-5-12-13(15-4)6-7-14(16-12)17-8-10(2)18-11(3)9-17/h6-7,10-11,15H,5,8-9H2,1-4H3. The number of ether oxygens (including phenoxy) is 1. The number of nitrogens with zero attached hydrogens (tertiary/aromatic N) is 2. The fraction of sp³-hybridized carbons (Fsp3) is 0.643. The van der Waals surface area contributed by atoms with Crippen molar-refractivity contribution in [3.05, 3.63) is 17.8 Å².